The first kappa shape index (κ1) is 22.1. The monoisotopic (exact) mass is 434 g/mol. The second-order valence-corrected chi connectivity index (χ2v) is 12.3. The minimum atomic E-state index is -1.24. The SMILES string of the molecule is CC1(C)/C(=N/O[C@@H]2CCNC2)CC[C@]2(C)[C@H]3CC[C@]4(C)C(O)CC[C@H]4[C@@H]3C[C@H](O)[C@@]12O. The zero-order valence-corrected chi connectivity index (χ0v) is 19.7. The standard InChI is InChI=1S/C25H42N2O4/c1-22(2)19(27-31-15-9-12-26-14-15)8-11-24(4)18-7-10-23(3)17(5-6-20(23)28)16(18)13-21(29)25(22,24)30/h15-18,20-21,26,28-30H,5-14H2,1-4H3/b27-19+/t15-,16+,17+,18+,20?,21+,23+,24-,25-/m1/s1. The maximum absolute atomic E-state index is 12.4. The Bertz CT molecular complexity index is 750. The maximum atomic E-state index is 12.4. The lowest BCUT2D eigenvalue weighted by Crippen LogP contribution is -2.74. The summed E-state index contributed by atoms with van der Waals surface area (Å²) in [6.45, 7) is 10.4. The number of hydrogen-bond acceptors (Lipinski definition) is 6. The number of oxime groups is 1. The van der Waals surface area contributed by atoms with Gasteiger partial charge in [0.2, 0.25) is 0 Å². The van der Waals surface area contributed by atoms with Crippen molar-refractivity contribution in [3.63, 3.8) is 0 Å². The highest BCUT2D eigenvalue weighted by Crippen LogP contribution is 2.69. The molecule has 0 aromatic rings. The van der Waals surface area contributed by atoms with Gasteiger partial charge in [0.05, 0.1) is 17.9 Å². The van der Waals surface area contributed by atoms with Crippen LogP contribution in [0.4, 0.5) is 0 Å². The van der Waals surface area contributed by atoms with Gasteiger partial charge in [-0.05, 0) is 74.7 Å². The average Bonchev–Trinajstić information content (AvgIpc) is 3.33. The van der Waals surface area contributed by atoms with E-state index in [0.29, 0.717) is 24.2 Å². The summed E-state index contributed by atoms with van der Waals surface area (Å²) < 4.78 is 0. The highest BCUT2D eigenvalue weighted by Gasteiger charge is 2.72. The van der Waals surface area contributed by atoms with Gasteiger partial charge in [-0.2, -0.15) is 0 Å². The highest BCUT2D eigenvalue weighted by molar-refractivity contribution is 5.91. The van der Waals surface area contributed by atoms with Crippen LogP contribution in [-0.2, 0) is 4.84 Å². The zero-order chi connectivity index (χ0) is 22.2. The molecule has 31 heavy (non-hydrogen) atoms. The van der Waals surface area contributed by atoms with Crippen LogP contribution < -0.4 is 5.32 Å². The molecular weight excluding hydrogens is 392 g/mol. The van der Waals surface area contributed by atoms with Gasteiger partial charge in [-0.25, -0.2) is 0 Å². The summed E-state index contributed by atoms with van der Waals surface area (Å²) in [5, 5.41) is 42.5. The first-order valence-electron chi connectivity index (χ1n) is 12.6. The quantitative estimate of drug-likeness (QED) is 0.502. The molecule has 5 aliphatic rings. The Balaban J connectivity index is 1.47. The minimum absolute atomic E-state index is 0.0351. The van der Waals surface area contributed by atoms with Crippen LogP contribution in [-0.4, -0.2) is 58.0 Å². The molecule has 0 bridgehead atoms. The Hall–Kier alpha value is -0.690. The molecule has 1 unspecified atom stereocenters. The van der Waals surface area contributed by atoms with Gasteiger partial charge < -0.3 is 25.5 Å². The van der Waals surface area contributed by atoms with Crippen molar-refractivity contribution < 1.29 is 20.2 Å². The van der Waals surface area contributed by atoms with E-state index < -0.39 is 17.1 Å². The number of nitrogens with one attached hydrogen (secondary N) is 1. The number of fused-ring (bicyclic) bond motifs is 5. The van der Waals surface area contributed by atoms with E-state index in [1.807, 2.05) is 0 Å². The van der Waals surface area contributed by atoms with Crippen molar-refractivity contribution in [2.24, 2.45) is 39.2 Å². The van der Waals surface area contributed by atoms with Crippen molar-refractivity contribution in [3.05, 3.63) is 0 Å². The largest absolute Gasteiger partial charge is 0.393 e. The molecule has 5 rings (SSSR count). The smallest absolute Gasteiger partial charge is 0.141 e. The molecular formula is C25H42N2O4. The van der Waals surface area contributed by atoms with Crippen molar-refractivity contribution in [2.45, 2.75) is 103 Å². The second kappa shape index (κ2) is 7.15. The molecule has 9 atom stereocenters. The van der Waals surface area contributed by atoms with Gasteiger partial charge in [-0.15, -0.1) is 0 Å². The molecule has 4 aliphatic carbocycles. The van der Waals surface area contributed by atoms with E-state index in [2.05, 4.69) is 38.2 Å². The molecule has 5 fully saturated rings. The molecule has 0 spiro atoms. The Morgan fingerprint density at radius 2 is 1.74 bits per heavy atom. The van der Waals surface area contributed by atoms with Crippen LogP contribution in [0.3, 0.4) is 0 Å². The topological polar surface area (TPSA) is 94.3 Å². The summed E-state index contributed by atoms with van der Waals surface area (Å²) in [6.07, 6.45) is 6.21. The molecule has 6 heteroatoms. The summed E-state index contributed by atoms with van der Waals surface area (Å²) in [6, 6.07) is 0. The first-order valence-corrected chi connectivity index (χ1v) is 12.6. The molecule has 176 valence electrons. The number of aliphatic hydroxyl groups excluding tert-OH is 2. The van der Waals surface area contributed by atoms with Gasteiger partial charge in [-0.3, -0.25) is 0 Å². The predicted molar refractivity (Wildman–Crippen MR) is 120 cm³/mol. The highest BCUT2D eigenvalue weighted by atomic mass is 16.6. The van der Waals surface area contributed by atoms with E-state index in [1.54, 1.807) is 0 Å². The first-order chi connectivity index (χ1) is 14.6. The van der Waals surface area contributed by atoms with Gasteiger partial charge in [0.25, 0.3) is 0 Å². The van der Waals surface area contributed by atoms with Crippen LogP contribution in [0, 0.1) is 34.0 Å². The van der Waals surface area contributed by atoms with Gasteiger partial charge in [0.15, 0.2) is 0 Å². The van der Waals surface area contributed by atoms with Gasteiger partial charge >= 0.3 is 0 Å². The number of hydrogen-bond donors (Lipinski definition) is 4. The summed E-state index contributed by atoms with van der Waals surface area (Å²) in [4.78, 5) is 5.86. The molecule has 0 radical (unpaired) electrons. The van der Waals surface area contributed by atoms with Crippen LogP contribution in [0.1, 0.15) is 79.1 Å². The van der Waals surface area contributed by atoms with E-state index in [4.69, 9.17) is 4.84 Å². The van der Waals surface area contributed by atoms with E-state index in [9.17, 15) is 15.3 Å². The molecule has 4 saturated carbocycles. The van der Waals surface area contributed by atoms with E-state index in [0.717, 1.165) is 63.7 Å². The van der Waals surface area contributed by atoms with Gasteiger partial charge in [-0.1, -0.05) is 32.9 Å². The normalized spacial score (nSPS) is 54.9. The second-order valence-electron chi connectivity index (χ2n) is 12.3. The van der Waals surface area contributed by atoms with Crippen molar-refractivity contribution in [2.75, 3.05) is 13.1 Å². The Kier molecular flexibility index (Phi) is 5.10. The van der Waals surface area contributed by atoms with Crippen molar-refractivity contribution >= 4 is 5.71 Å². The van der Waals surface area contributed by atoms with Crippen LogP contribution in [0.25, 0.3) is 0 Å². The molecule has 1 aliphatic heterocycles. The average molecular weight is 435 g/mol. The fourth-order valence-corrected chi connectivity index (χ4v) is 8.90. The van der Waals surface area contributed by atoms with Crippen molar-refractivity contribution in [3.8, 4) is 0 Å². The molecule has 0 amide bonds. The van der Waals surface area contributed by atoms with E-state index in [-0.39, 0.29) is 23.0 Å². The maximum Gasteiger partial charge on any atom is 0.141 e. The Morgan fingerprint density at radius 3 is 2.45 bits per heavy atom. The summed E-state index contributed by atoms with van der Waals surface area (Å²) >= 11 is 0. The third-order valence-electron chi connectivity index (χ3n) is 10.9. The molecule has 6 nitrogen and oxygen atoms in total. The van der Waals surface area contributed by atoms with Crippen LogP contribution in [0.2, 0.25) is 0 Å². The summed E-state index contributed by atoms with van der Waals surface area (Å²) in [7, 11) is 0. The van der Waals surface area contributed by atoms with Gasteiger partial charge in [0.1, 0.15) is 11.7 Å². The van der Waals surface area contributed by atoms with Crippen LogP contribution in [0.15, 0.2) is 5.16 Å². The Morgan fingerprint density at radius 1 is 0.968 bits per heavy atom. The zero-order valence-electron chi connectivity index (χ0n) is 19.7. The number of nitrogens with zero attached hydrogens (tertiary/aromatic N) is 1. The number of aliphatic hydroxyl groups is 3. The predicted octanol–water partition coefficient (Wildman–Crippen LogP) is 2.85. The summed E-state index contributed by atoms with van der Waals surface area (Å²) in [5.41, 5.74) is -1.42. The van der Waals surface area contributed by atoms with Crippen LogP contribution in [0.5, 0.6) is 0 Å². The molecule has 0 aromatic heterocycles. The van der Waals surface area contributed by atoms with E-state index in [1.165, 1.54) is 0 Å². The lowest BCUT2D eigenvalue weighted by molar-refractivity contribution is -0.276. The van der Waals surface area contributed by atoms with Crippen molar-refractivity contribution in [1.29, 1.82) is 0 Å². The van der Waals surface area contributed by atoms with Gasteiger partial charge in [0, 0.05) is 23.8 Å². The Labute approximate surface area is 186 Å². The lowest BCUT2D eigenvalue weighted by atomic mass is 9.38. The minimum Gasteiger partial charge on any atom is -0.393 e. The lowest BCUT2D eigenvalue weighted by Gasteiger charge is -2.68. The fourth-order valence-electron chi connectivity index (χ4n) is 8.90. The molecule has 1 saturated heterocycles. The molecule has 1 heterocycles. The fraction of sp³-hybridized carbons (Fsp3) is 0.960. The van der Waals surface area contributed by atoms with Crippen molar-refractivity contribution in [1.82, 2.24) is 5.32 Å². The molecule has 0 aromatic carbocycles. The third-order valence-corrected chi connectivity index (χ3v) is 10.9. The van der Waals surface area contributed by atoms with E-state index >= 15 is 0 Å². The number of rotatable bonds is 2. The summed E-state index contributed by atoms with van der Waals surface area (Å²) in [5.74, 6) is 1.17. The molecule has 4 N–H and O–H groups in total. The third kappa shape index (κ3) is 2.80. The van der Waals surface area contributed by atoms with Crippen LogP contribution >= 0.6 is 0 Å².